The number of hydrogen-bond donors (Lipinski definition) is 2. The lowest BCUT2D eigenvalue weighted by Crippen LogP contribution is -2.46. The Kier molecular flexibility index (Phi) is 7.20. The van der Waals surface area contributed by atoms with Crippen molar-refractivity contribution in [3.8, 4) is 0 Å². The molecule has 5 nitrogen and oxygen atoms in total. The molecule has 1 saturated carbocycles. The van der Waals surface area contributed by atoms with E-state index in [1.807, 2.05) is 0 Å². The average molecular weight is 287 g/mol. The van der Waals surface area contributed by atoms with Crippen LogP contribution in [0.15, 0.2) is 0 Å². The Morgan fingerprint density at radius 3 is 2.10 bits per heavy atom. The normalized spacial score (nSPS) is 25.6. The van der Waals surface area contributed by atoms with E-state index in [1.165, 1.54) is 12.8 Å². The van der Waals surface area contributed by atoms with Crippen molar-refractivity contribution < 1.29 is 19.4 Å². The fourth-order valence-electron chi connectivity index (χ4n) is 1.86. The molecule has 0 aromatic carbocycles. The summed E-state index contributed by atoms with van der Waals surface area (Å²) in [5.74, 6) is -1.78. The highest BCUT2D eigenvalue weighted by molar-refractivity contribution is 5.82. The molecule has 0 aliphatic heterocycles. The summed E-state index contributed by atoms with van der Waals surface area (Å²) in [6.45, 7) is 9.71. The van der Waals surface area contributed by atoms with Crippen LogP contribution in [0.3, 0.4) is 0 Å². The quantitative estimate of drug-likeness (QED) is 0.779. The first-order valence-corrected chi connectivity index (χ1v) is 7.31. The van der Waals surface area contributed by atoms with E-state index in [2.05, 4.69) is 13.8 Å². The van der Waals surface area contributed by atoms with E-state index in [-0.39, 0.29) is 18.3 Å². The standard InChI is InChI=1S/C11H19NO4.C4H10/c1-10(2,3)16-8(13)7-4-5-11(12,6-7)9(14)15;1-3-4-2/h7H,4-6,12H2,1-3H3,(H,14,15);3-4H2,1-2H3. The molecule has 2 atom stereocenters. The molecule has 3 N–H and O–H groups in total. The van der Waals surface area contributed by atoms with Crippen LogP contribution in [0, 0.1) is 5.92 Å². The maximum Gasteiger partial charge on any atom is 0.323 e. The van der Waals surface area contributed by atoms with Gasteiger partial charge in [-0.25, -0.2) is 0 Å². The molecule has 118 valence electrons. The summed E-state index contributed by atoms with van der Waals surface area (Å²) in [5, 5.41) is 8.93. The highest BCUT2D eigenvalue weighted by Crippen LogP contribution is 2.34. The van der Waals surface area contributed by atoms with Gasteiger partial charge >= 0.3 is 11.9 Å². The molecule has 0 aromatic rings. The highest BCUT2D eigenvalue weighted by Gasteiger charge is 2.45. The predicted molar refractivity (Wildman–Crippen MR) is 78.3 cm³/mol. The topological polar surface area (TPSA) is 89.6 Å². The first-order valence-electron chi connectivity index (χ1n) is 7.31. The van der Waals surface area contributed by atoms with Gasteiger partial charge < -0.3 is 15.6 Å². The molecule has 0 heterocycles. The molecule has 20 heavy (non-hydrogen) atoms. The average Bonchev–Trinajstić information content (AvgIpc) is 2.72. The van der Waals surface area contributed by atoms with Crippen LogP contribution in [0.4, 0.5) is 0 Å². The lowest BCUT2D eigenvalue weighted by atomic mass is 9.97. The van der Waals surface area contributed by atoms with Crippen molar-refractivity contribution in [2.24, 2.45) is 11.7 Å². The van der Waals surface area contributed by atoms with Crippen LogP contribution in [-0.2, 0) is 14.3 Å². The van der Waals surface area contributed by atoms with Crippen molar-refractivity contribution >= 4 is 11.9 Å². The van der Waals surface area contributed by atoms with Gasteiger partial charge in [0, 0.05) is 0 Å². The Morgan fingerprint density at radius 1 is 1.30 bits per heavy atom. The number of unbranched alkanes of at least 4 members (excludes halogenated alkanes) is 1. The zero-order valence-electron chi connectivity index (χ0n) is 13.4. The summed E-state index contributed by atoms with van der Waals surface area (Å²) in [7, 11) is 0. The third kappa shape index (κ3) is 6.37. The van der Waals surface area contributed by atoms with Gasteiger partial charge in [-0.1, -0.05) is 26.7 Å². The Morgan fingerprint density at radius 2 is 1.80 bits per heavy atom. The van der Waals surface area contributed by atoms with Crippen molar-refractivity contribution in [1.82, 2.24) is 0 Å². The fourth-order valence-corrected chi connectivity index (χ4v) is 1.86. The molecule has 1 fully saturated rings. The van der Waals surface area contributed by atoms with Gasteiger partial charge in [-0.15, -0.1) is 0 Å². The lowest BCUT2D eigenvalue weighted by Gasteiger charge is -2.23. The van der Waals surface area contributed by atoms with Gasteiger partial charge in [-0.05, 0) is 40.0 Å². The number of carbonyl (C=O) groups is 2. The third-order valence-corrected chi connectivity index (χ3v) is 3.22. The number of carbonyl (C=O) groups excluding carboxylic acids is 1. The maximum absolute atomic E-state index is 11.7. The van der Waals surface area contributed by atoms with Gasteiger partial charge in [0.05, 0.1) is 5.92 Å². The second-order valence-electron chi connectivity index (χ2n) is 6.43. The zero-order chi connectivity index (χ0) is 16.0. The number of nitrogens with two attached hydrogens (primary N) is 1. The van der Waals surface area contributed by atoms with Crippen LogP contribution < -0.4 is 5.73 Å². The van der Waals surface area contributed by atoms with Gasteiger partial charge in [0.25, 0.3) is 0 Å². The van der Waals surface area contributed by atoms with Crippen LogP contribution in [0.25, 0.3) is 0 Å². The van der Waals surface area contributed by atoms with E-state index >= 15 is 0 Å². The van der Waals surface area contributed by atoms with Crippen molar-refractivity contribution in [2.75, 3.05) is 0 Å². The molecule has 0 saturated heterocycles. The van der Waals surface area contributed by atoms with Gasteiger partial charge in [-0.3, -0.25) is 9.59 Å². The van der Waals surface area contributed by atoms with E-state index < -0.39 is 17.1 Å². The molecule has 0 spiro atoms. The molecule has 5 heteroatoms. The predicted octanol–water partition coefficient (Wildman–Crippen LogP) is 2.72. The van der Waals surface area contributed by atoms with Crippen LogP contribution in [-0.4, -0.2) is 28.2 Å². The molecule has 0 bridgehead atoms. The maximum atomic E-state index is 11.7. The summed E-state index contributed by atoms with van der Waals surface area (Å²) in [6, 6.07) is 0. The van der Waals surface area contributed by atoms with E-state index in [4.69, 9.17) is 15.6 Å². The zero-order valence-corrected chi connectivity index (χ0v) is 13.4. The SMILES string of the molecule is CC(C)(C)OC(=O)C1CCC(N)(C(=O)O)C1.CCCC. The van der Waals surface area contributed by atoms with E-state index in [9.17, 15) is 9.59 Å². The lowest BCUT2D eigenvalue weighted by molar-refractivity contribution is -0.160. The van der Waals surface area contributed by atoms with Gasteiger partial charge in [0.1, 0.15) is 11.1 Å². The number of carboxylic acids is 1. The first-order chi connectivity index (χ1) is 9.05. The van der Waals surface area contributed by atoms with Crippen molar-refractivity contribution in [1.29, 1.82) is 0 Å². The largest absolute Gasteiger partial charge is 0.480 e. The Balaban J connectivity index is 0.000000796. The Labute approximate surface area is 121 Å². The molecular weight excluding hydrogens is 258 g/mol. The summed E-state index contributed by atoms with van der Waals surface area (Å²) in [5.41, 5.74) is 3.88. The smallest absolute Gasteiger partial charge is 0.323 e. The molecule has 1 aliphatic rings. The van der Waals surface area contributed by atoms with Gasteiger partial charge in [0.15, 0.2) is 0 Å². The number of hydrogen-bond acceptors (Lipinski definition) is 4. The van der Waals surface area contributed by atoms with Crippen LogP contribution in [0.5, 0.6) is 0 Å². The minimum atomic E-state index is -1.26. The summed E-state index contributed by atoms with van der Waals surface area (Å²) >= 11 is 0. The number of rotatable bonds is 3. The minimum Gasteiger partial charge on any atom is -0.480 e. The summed E-state index contributed by atoms with van der Waals surface area (Å²) in [6.07, 6.45) is 3.61. The van der Waals surface area contributed by atoms with Crippen molar-refractivity contribution in [3.63, 3.8) is 0 Å². The fraction of sp³-hybridized carbons (Fsp3) is 0.867. The van der Waals surface area contributed by atoms with E-state index in [0.717, 1.165) is 0 Å². The Bertz CT molecular complexity index is 333. The van der Waals surface area contributed by atoms with E-state index in [0.29, 0.717) is 12.8 Å². The molecule has 1 rings (SSSR count). The molecule has 0 amide bonds. The van der Waals surface area contributed by atoms with Crippen LogP contribution >= 0.6 is 0 Å². The Hall–Kier alpha value is -1.10. The molecular formula is C15H29NO4. The summed E-state index contributed by atoms with van der Waals surface area (Å²) in [4.78, 5) is 22.6. The molecule has 2 unspecified atom stereocenters. The second kappa shape index (κ2) is 7.62. The summed E-state index contributed by atoms with van der Waals surface area (Å²) < 4.78 is 5.21. The van der Waals surface area contributed by atoms with Gasteiger partial charge in [0.2, 0.25) is 0 Å². The number of aliphatic carboxylic acids is 1. The van der Waals surface area contributed by atoms with Gasteiger partial charge in [-0.2, -0.15) is 0 Å². The van der Waals surface area contributed by atoms with Crippen LogP contribution in [0.1, 0.15) is 66.7 Å². The first kappa shape index (κ1) is 18.9. The third-order valence-electron chi connectivity index (χ3n) is 3.22. The molecule has 0 aromatic heterocycles. The molecule has 1 aliphatic carbocycles. The number of ether oxygens (including phenoxy) is 1. The van der Waals surface area contributed by atoms with Crippen LogP contribution in [0.2, 0.25) is 0 Å². The van der Waals surface area contributed by atoms with Crippen molar-refractivity contribution in [2.45, 2.75) is 77.9 Å². The monoisotopic (exact) mass is 287 g/mol. The minimum absolute atomic E-state index is 0.164. The van der Waals surface area contributed by atoms with Crippen molar-refractivity contribution in [3.05, 3.63) is 0 Å². The second-order valence-corrected chi connectivity index (χ2v) is 6.43. The van der Waals surface area contributed by atoms with E-state index in [1.54, 1.807) is 20.8 Å². The molecule has 0 radical (unpaired) electrons. The number of esters is 1. The number of carboxylic acid groups (broad SMARTS) is 1. The highest BCUT2D eigenvalue weighted by atomic mass is 16.6.